The molecule has 4 heteroatoms. The Kier molecular flexibility index (Phi) is 6.59. The number of benzene rings is 2. The van der Waals surface area contributed by atoms with Gasteiger partial charge in [0.2, 0.25) is 0 Å². The van der Waals surface area contributed by atoms with Gasteiger partial charge in [-0.15, -0.1) is 0 Å². The molecule has 134 valence electrons. The molecular weight excluding hydrogens is 316 g/mol. The highest BCUT2D eigenvalue weighted by Gasteiger charge is 2.45. The lowest BCUT2D eigenvalue weighted by Crippen LogP contribution is -2.38. The Hall–Kier alpha value is -1.72. The summed E-state index contributed by atoms with van der Waals surface area (Å²) in [6.07, 6.45) is 0.00597. The van der Waals surface area contributed by atoms with Crippen molar-refractivity contribution in [1.29, 1.82) is 0 Å². The standard InChI is InChI=1S/C21H26O4/c1-3-18-19(23-14-16-10-6-4-7-11-16)20(21(22-2)25-18)24-15-17-12-8-5-9-13-17/h4-13,18-21H,3,14-15H2,1-2H3/t18-,19+,20?,21-/m1/s1. The van der Waals surface area contributed by atoms with Crippen LogP contribution in [0.25, 0.3) is 0 Å². The molecule has 0 saturated carbocycles. The molecule has 1 aliphatic heterocycles. The maximum atomic E-state index is 6.20. The maximum Gasteiger partial charge on any atom is 0.186 e. The molecule has 0 aliphatic carbocycles. The van der Waals surface area contributed by atoms with Crippen molar-refractivity contribution in [2.24, 2.45) is 0 Å². The monoisotopic (exact) mass is 342 g/mol. The lowest BCUT2D eigenvalue weighted by molar-refractivity contribution is -0.166. The molecule has 4 nitrogen and oxygen atoms in total. The predicted octanol–water partition coefficient (Wildman–Crippen LogP) is 3.94. The smallest absolute Gasteiger partial charge is 0.186 e. The molecule has 0 N–H and O–H groups in total. The number of ether oxygens (including phenoxy) is 4. The van der Waals surface area contributed by atoms with Gasteiger partial charge in [-0.25, -0.2) is 0 Å². The third-order valence-corrected chi connectivity index (χ3v) is 4.47. The van der Waals surface area contributed by atoms with Gasteiger partial charge >= 0.3 is 0 Å². The summed E-state index contributed by atoms with van der Waals surface area (Å²) in [6.45, 7) is 3.14. The molecule has 1 saturated heterocycles. The maximum absolute atomic E-state index is 6.20. The van der Waals surface area contributed by atoms with E-state index in [2.05, 4.69) is 31.2 Å². The Morgan fingerprint density at radius 1 is 0.800 bits per heavy atom. The van der Waals surface area contributed by atoms with Gasteiger partial charge in [-0.1, -0.05) is 67.6 Å². The molecule has 2 aromatic rings. The van der Waals surface area contributed by atoms with Gasteiger partial charge in [0.1, 0.15) is 12.2 Å². The van der Waals surface area contributed by atoms with Crippen molar-refractivity contribution in [3.63, 3.8) is 0 Å². The van der Waals surface area contributed by atoms with Crippen molar-refractivity contribution in [2.45, 2.75) is 51.2 Å². The highest BCUT2D eigenvalue weighted by Crippen LogP contribution is 2.30. The van der Waals surface area contributed by atoms with E-state index in [9.17, 15) is 0 Å². The van der Waals surface area contributed by atoms with Gasteiger partial charge in [-0.2, -0.15) is 0 Å². The van der Waals surface area contributed by atoms with Gasteiger partial charge < -0.3 is 18.9 Å². The molecule has 0 amide bonds. The van der Waals surface area contributed by atoms with Gasteiger partial charge in [-0.3, -0.25) is 0 Å². The molecule has 0 spiro atoms. The summed E-state index contributed by atoms with van der Waals surface area (Å²) in [4.78, 5) is 0. The molecule has 1 unspecified atom stereocenters. The van der Waals surface area contributed by atoms with Crippen molar-refractivity contribution >= 4 is 0 Å². The van der Waals surface area contributed by atoms with Gasteiger partial charge in [0.15, 0.2) is 6.29 Å². The van der Waals surface area contributed by atoms with Crippen LogP contribution in [0.2, 0.25) is 0 Å². The van der Waals surface area contributed by atoms with E-state index in [4.69, 9.17) is 18.9 Å². The van der Waals surface area contributed by atoms with Crippen LogP contribution >= 0.6 is 0 Å². The van der Waals surface area contributed by atoms with Crippen molar-refractivity contribution in [2.75, 3.05) is 7.11 Å². The lowest BCUT2D eigenvalue weighted by Gasteiger charge is -2.24. The number of hydrogen-bond donors (Lipinski definition) is 0. The Labute approximate surface area is 149 Å². The first-order valence-electron chi connectivity index (χ1n) is 8.81. The second-order valence-electron chi connectivity index (χ2n) is 6.21. The highest BCUT2D eigenvalue weighted by molar-refractivity contribution is 5.14. The molecule has 2 aromatic carbocycles. The number of hydrogen-bond acceptors (Lipinski definition) is 4. The Morgan fingerprint density at radius 3 is 1.80 bits per heavy atom. The Bertz CT molecular complexity index is 561. The largest absolute Gasteiger partial charge is 0.368 e. The van der Waals surface area contributed by atoms with Crippen LogP contribution in [0.3, 0.4) is 0 Å². The van der Waals surface area contributed by atoms with Crippen LogP contribution in [-0.2, 0) is 32.2 Å². The van der Waals surface area contributed by atoms with Crippen LogP contribution in [0.15, 0.2) is 60.7 Å². The number of rotatable bonds is 8. The molecule has 3 rings (SSSR count). The fourth-order valence-corrected chi connectivity index (χ4v) is 3.12. The molecule has 25 heavy (non-hydrogen) atoms. The summed E-state index contributed by atoms with van der Waals surface area (Å²) in [5, 5.41) is 0. The minimum atomic E-state index is -0.408. The third-order valence-electron chi connectivity index (χ3n) is 4.47. The zero-order valence-corrected chi connectivity index (χ0v) is 14.8. The molecule has 1 fully saturated rings. The van der Waals surface area contributed by atoms with E-state index in [1.807, 2.05) is 36.4 Å². The molecule has 0 radical (unpaired) electrons. The van der Waals surface area contributed by atoms with Crippen LogP contribution in [0.1, 0.15) is 24.5 Å². The minimum absolute atomic E-state index is 0.0329. The van der Waals surface area contributed by atoms with Crippen molar-refractivity contribution in [1.82, 2.24) is 0 Å². The van der Waals surface area contributed by atoms with Crippen molar-refractivity contribution < 1.29 is 18.9 Å². The van der Waals surface area contributed by atoms with Gasteiger partial charge in [0, 0.05) is 7.11 Å². The summed E-state index contributed by atoms with van der Waals surface area (Å²) in [6, 6.07) is 20.3. The predicted molar refractivity (Wildman–Crippen MR) is 96.0 cm³/mol. The zero-order valence-electron chi connectivity index (χ0n) is 14.8. The Balaban J connectivity index is 1.66. The van der Waals surface area contributed by atoms with E-state index >= 15 is 0 Å². The summed E-state index contributed by atoms with van der Waals surface area (Å²) in [5.41, 5.74) is 2.26. The first kappa shape index (κ1) is 18.1. The number of methoxy groups -OCH3 is 1. The Morgan fingerprint density at radius 2 is 1.32 bits per heavy atom. The van der Waals surface area contributed by atoms with Crippen LogP contribution in [0, 0.1) is 0 Å². The fraction of sp³-hybridized carbons (Fsp3) is 0.429. The van der Waals surface area contributed by atoms with Gasteiger partial charge in [0.05, 0.1) is 19.3 Å². The molecule has 1 aliphatic rings. The molecule has 0 aromatic heterocycles. The third kappa shape index (κ3) is 4.67. The fourth-order valence-electron chi connectivity index (χ4n) is 3.12. The first-order chi connectivity index (χ1) is 12.3. The minimum Gasteiger partial charge on any atom is -0.368 e. The average molecular weight is 342 g/mol. The second kappa shape index (κ2) is 9.11. The SMILES string of the molecule is CC[C@H]1O[C@@H](OC)C(OCc2ccccc2)[C@H]1OCc1ccccc1. The summed E-state index contributed by atoms with van der Waals surface area (Å²) in [7, 11) is 1.65. The second-order valence-corrected chi connectivity index (χ2v) is 6.21. The molecular formula is C21H26O4. The summed E-state index contributed by atoms with van der Waals surface area (Å²) in [5.74, 6) is 0. The van der Waals surface area contributed by atoms with E-state index < -0.39 is 6.29 Å². The van der Waals surface area contributed by atoms with Crippen LogP contribution in [-0.4, -0.2) is 31.7 Å². The summed E-state index contributed by atoms with van der Waals surface area (Å²) < 4.78 is 23.8. The van der Waals surface area contributed by atoms with Crippen LogP contribution in [0.4, 0.5) is 0 Å². The molecule has 0 bridgehead atoms. The van der Waals surface area contributed by atoms with E-state index in [-0.39, 0.29) is 18.3 Å². The quantitative estimate of drug-likeness (QED) is 0.728. The van der Waals surface area contributed by atoms with E-state index in [1.54, 1.807) is 7.11 Å². The molecule has 4 atom stereocenters. The first-order valence-corrected chi connectivity index (χ1v) is 8.81. The lowest BCUT2D eigenvalue weighted by atomic mass is 10.1. The van der Waals surface area contributed by atoms with Crippen molar-refractivity contribution in [3.8, 4) is 0 Å². The normalized spacial score (nSPS) is 26.0. The molecule has 1 heterocycles. The van der Waals surface area contributed by atoms with Crippen LogP contribution < -0.4 is 0 Å². The highest BCUT2D eigenvalue weighted by atomic mass is 16.7. The van der Waals surface area contributed by atoms with E-state index in [0.29, 0.717) is 13.2 Å². The topological polar surface area (TPSA) is 36.9 Å². The van der Waals surface area contributed by atoms with Gasteiger partial charge in [0.25, 0.3) is 0 Å². The van der Waals surface area contributed by atoms with E-state index in [1.165, 1.54) is 0 Å². The summed E-state index contributed by atoms with van der Waals surface area (Å²) >= 11 is 0. The van der Waals surface area contributed by atoms with E-state index in [0.717, 1.165) is 17.5 Å². The van der Waals surface area contributed by atoms with Gasteiger partial charge in [-0.05, 0) is 17.5 Å². The average Bonchev–Trinajstić information content (AvgIpc) is 3.03. The zero-order chi connectivity index (χ0) is 17.5. The van der Waals surface area contributed by atoms with Crippen LogP contribution in [0.5, 0.6) is 0 Å². The van der Waals surface area contributed by atoms with Crippen molar-refractivity contribution in [3.05, 3.63) is 71.8 Å².